The first-order valence-corrected chi connectivity index (χ1v) is 6.30. The van der Waals surface area contributed by atoms with Crippen LogP contribution in [0.1, 0.15) is 35.2 Å². The predicted octanol–water partition coefficient (Wildman–Crippen LogP) is 2.41. The lowest BCUT2D eigenvalue weighted by Gasteiger charge is -2.26. The number of carboxylic acid groups (broad SMARTS) is 1. The van der Waals surface area contributed by atoms with E-state index in [9.17, 15) is 4.79 Å². The maximum atomic E-state index is 10.7. The van der Waals surface area contributed by atoms with Crippen molar-refractivity contribution >= 4 is 5.97 Å². The highest BCUT2D eigenvalue weighted by Gasteiger charge is 2.09. The van der Waals surface area contributed by atoms with Crippen LogP contribution in [0.5, 0.6) is 0 Å². The van der Waals surface area contributed by atoms with Crippen molar-refractivity contribution in [2.24, 2.45) is 0 Å². The van der Waals surface area contributed by atoms with Crippen molar-refractivity contribution in [3.63, 3.8) is 0 Å². The van der Waals surface area contributed by atoms with Crippen molar-refractivity contribution in [1.29, 1.82) is 0 Å². The minimum absolute atomic E-state index is 0.367. The van der Waals surface area contributed by atoms with Crippen LogP contribution in [-0.2, 0) is 6.42 Å². The number of hydrogen-bond donors (Lipinski definition) is 1. The van der Waals surface area contributed by atoms with Crippen molar-refractivity contribution in [2.45, 2.75) is 25.7 Å². The molecular formula is C14H19NO2. The summed E-state index contributed by atoms with van der Waals surface area (Å²) >= 11 is 0. The van der Waals surface area contributed by atoms with Crippen LogP contribution in [0.4, 0.5) is 0 Å². The second kappa shape index (κ2) is 5.82. The van der Waals surface area contributed by atoms with Crippen LogP contribution in [-0.4, -0.2) is 35.6 Å². The van der Waals surface area contributed by atoms with E-state index in [-0.39, 0.29) is 0 Å². The van der Waals surface area contributed by atoms with E-state index < -0.39 is 5.97 Å². The molecule has 0 saturated carbocycles. The predicted molar refractivity (Wildman–Crippen MR) is 67.4 cm³/mol. The van der Waals surface area contributed by atoms with Gasteiger partial charge in [0.25, 0.3) is 0 Å². The Morgan fingerprint density at radius 3 is 2.35 bits per heavy atom. The van der Waals surface area contributed by atoms with E-state index in [1.807, 2.05) is 12.1 Å². The van der Waals surface area contributed by atoms with Crippen molar-refractivity contribution in [3.05, 3.63) is 35.4 Å². The Labute approximate surface area is 102 Å². The van der Waals surface area contributed by atoms with Gasteiger partial charge in [0.05, 0.1) is 5.56 Å². The zero-order valence-electron chi connectivity index (χ0n) is 10.1. The van der Waals surface area contributed by atoms with Gasteiger partial charge >= 0.3 is 5.97 Å². The van der Waals surface area contributed by atoms with E-state index in [1.54, 1.807) is 12.1 Å². The maximum absolute atomic E-state index is 10.7. The summed E-state index contributed by atoms with van der Waals surface area (Å²) in [4.78, 5) is 13.2. The Morgan fingerprint density at radius 1 is 1.12 bits per heavy atom. The van der Waals surface area contributed by atoms with E-state index in [0.717, 1.165) is 13.0 Å². The SMILES string of the molecule is O=C(O)c1ccc(CCN2CCCCC2)cc1. The average molecular weight is 233 g/mol. The van der Waals surface area contributed by atoms with Gasteiger partial charge in [0, 0.05) is 6.54 Å². The molecule has 3 nitrogen and oxygen atoms in total. The summed E-state index contributed by atoms with van der Waals surface area (Å²) in [7, 11) is 0. The first-order chi connectivity index (χ1) is 8.25. The lowest BCUT2D eigenvalue weighted by Crippen LogP contribution is -2.31. The van der Waals surface area contributed by atoms with Crippen LogP contribution >= 0.6 is 0 Å². The van der Waals surface area contributed by atoms with E-state index in [0.29, 0.717) is 5.56 Å². The number of carbonyl (C=O) groups is 1. The zero-order chi connectivity index (χ0) is 12.1. The van der Waals surface area contributed by atoms with Gasteiger partial charge < -0.3 is 10.0 Å². The molecule has 1 N–H and O–H groups in total. The summed E-state index contributed by atoms with van der Waals surface area (Å²) < 4.78 is 0. The quantitative estimate of drug-likeness (QED) is 0.868. The molecule has 0 bridgehead atoms. The van der Waals surface area contributed by atoms with Crippen molar-refractivity contribution in [3.8, 4) is 0 Å². The molecule has 0 atom stereocenters. The summed E-state index contributed by atoms with van der Waals surface area (Å²) in [5.41, 5.74) is 1.59. The zero-order valence-corrected chi connectivity index (χ0v) is 10.1. The van der Waals surface area contributed by atoms with Crippen LogP contribution < -0.4 is 0 Å². The van der Waals surface area contributed by atoms with Crippen LogP contribution in [0, 0.1) is 0 Å². The molecule has 0 spiro atoms. The summed E-state index contributed by atoms with van der Waals surface area (Å²) in [6.07, 6.45) is 5.01. The molecule has 17 heavy (non-hydrogen) atoms. The highest BCUT2D eigenvalue weighted by atomic mass is 16.4. The van der Waals surface area contributed by atoms with Gasteiger partial charge in [-0.25, -0.2) is 4.79 Å². The fourth-order valence-electron chi connectivity index (χ4n) is 2.28. The van der Waals surface area contributed by atoms with Gasteiger partial charge in [0.1, 0.15) is 0 Å². The topological polar surface area (TPSA) is 40.5 Å². The first-order valence-electron chi connectivity index (χ1n) is 6.30. The van der Waals surface area contributed by atoms with Gasteiger partial charge in [-0.05, 0) is 50.0 Å². The average Bonchev–Trinajstić information content (AvgIpc) is 2.38. The van der Waals surface area contributed by atoms with Gasteiger partial charge in [-0.1, -0.05) is 18.6 Å². The summed E-state index contributed by atoms with van der Waals surface area (Å²) in [6.45, 7) is 3.52. The smallest absolute Gasteiger partial charge is 0.335 e. The first kappa shape index (κ1) is 12.1. The van der Waals surface area contributed by atoms with Crippen molar-refractivity contribution in [1.82, 2.24) is 4.90 Å². The van der Waals surface area contributed by atoms with E-state index in [1.165, 1.54) is 37.9 Å². The molecule has 2 rings (SSSR count). The normalized spacial score (nSPS) is 16.9. The third-order valence-corrected chi connectivity index (χ3v) is 3.37. The van der Waals surface area contributed by atoms with Crippen LogP contribution in [0.25, 0.3) is 0 Å². The van der Waals surface area contributed by atoms with Gasteiger partial charge in [0.15, 0.2) is 0 Å². The highest BCUT2D eigenvalue weighted by molar-refractivity contribution is 5.87. The summed E-state index contributed by atoms with van der Waals surface area (Å²) in [6, 6.07) is 7.22. The van der Waals surface area contributed by atoms with E-state index >= 15 is 0 Å². The van der Waals surface area contributed by atoms with Crippen LogP contribution in [0.15, 0.2) is 24.3 Å². The molecule has 1 aromatic carbocycles. The third-order valence-electron chi connectivity index (χ3n) is 3.37. The molecule has 0 amide bonds. The van der Waals surface area contributed by atoms with E-state index in [2.05, 4.69) is 4.90 Å². The number of likely N-dealkylation sites (tertiary alicyclic amines) is 1. The second-order valence-corrected chi connectivity index (χ2v) is 4.65. The van der Waals surface area contributed by atoms with Gasteiger partial charge in [-0.2, -0.15) is 0 Å². The summed E-state index contributed by atoms with van der Waals surface area (Å²) in [5, 5.41) is 8.80. The molecule has 1 aliphatic heterocycles. The van der Waals surface area contributed by atoms with Crippen LogP contribution in [0.2, 0.25) is 0 Å². The fraction of sp³-hybridized carbons (Fsp3) is 0.500. The lowest BCUT2D eigenvalue weighted by molar-refractivity contribution is 0.0697. The fourth-order valence-corrected chi connectivity index (χ4v) is 2.28. The third kappa shape index (κ3) is 3.56. The summed E-state index contributed by atoms with van der Waals surface area (Å²) in [5.74, 6) is -0.854. The Bertz CT molecular complexity index is 366. The van der Waals surface area contributed by atoms with Crippen molar-refractivity contribution < 1.29 is 9.90 Å². The Kier molecular flexibility index (Phi) is 4.15. The van der Waals surface area contributed by atoms with Gasteiger partial charge in [-0.15, -0.1) is 0 Å². The number of piperidine rings is 1. The number of rotatable bonds is 4. The van der Waals surface area contributed by atoms with Gasteiger partial charge in [0.2, 0.25) is 0 Å². The minimum Gasteiger partial charge on any atom is -0.478 e. The molecule has 92 valence electrons. The molecule has 3 heteroatoms. The molecule has 1 fully saturated rings. The van der Waals surface area contributed by atoms with E-state index in [4.69, 9.17) is 5.11 Å². The molecule has 0 aliphatic carbocycles. The largest absolute Gasteiger partial charge is 0.478 e. The number of aromatic carboxylic acids is 1. The lowest BCUT2D eigenvalue weighted by atomic mass is 10.1. The molecule has 1 aromatic rings. The minimum atomic E-state index is -0.854. The molecule has 1 heterocycles. The highest BCUT2D eigenvalue weighted by Crippen LogP contribution is 2.10. The van der Waals surface area contributed by atoms with Gasteiger partial charge in [-0.3, -0.25) is 0 Å². The number of carboxylic acids is 1. The monoisotopic (exact) mass is 233 g/mol. The number of benzene rings is 1. The Morgan fingerprint density at radius 2 is 1.76 bits per heavy atom. The molecule has 0 unspecified atom stereocenters. The molecule has 0 aromatic heterocycles. The number of nitrogens with zero attached hydrogens (tertiary/aromatic N) is 1. The van der Waals surface area contributed by atoms with Crippen molar-refractivity contribution in [2.75, 3.05) is 19.6 Å². The standard InChI is InChI=1S/C14H19NO2/c16-14(17)13-6-4-12(5-7-13)8-11-15-9-2-1-3-10-15/h4-7H,1-3,8-11H2,(H,16,17). The second-order valence-electron chi connectivity index (χ2n) is 4.65. The molecule has 0 radical (unpaired) electrons. The number of hydrogen-bond acceptors (Lipinski definition) is 2. The molecular weight excluding hydrogens is 214 g/mol. The Hall–Kier alpha value is -1.35. The molecule has 1 saturated heterocycles. The maximum Gasteiger partial charge on any atom is 0.335 e. The van der Waals surface area contributed by atoms with Crippen LogP contribution in [0.3, 0.4) is 0 Å². The Balaban J connectivity index is 1.84. The molecule has 1 aliphatic rings.